The molecule has 0 aliphatic rings. The molecule has 0 atom stereocenters. The molecule has 98 valence electrons. The maximum atomic E-state index is 11.1. The summed E-state index contributed by atoms with van der Waals surface area (Å²) in [7, 11) is 0. The van der Waals surface area contributed by atoms with Gasteiger partial charge in [0.15, 0.2) is 0 Å². The van der Waals surface area contributed by atoms with E-state index in [1.165, 1.54) is 12.1 Å². The standard InChI is InChI=1S/C16H10O4/c1-2-10-4-3-5-11(6-10)12-7-13(15(17)18)9-14(8-12)16(19)20/h1,3-9H,(H,17,18)(H,19,20). The number of hydrogen-bond donors (Lipinski definition) is 2. The summed E-state index contributed by atoms with van der Waals surface area (Å²) < 4.78 is 0. The third kappa shape index (κ3) is 2.68. The normalized spacial score (nSPS) is 9.75. The molecular weight excluding hydrogens is 256 g/mol. The second-order valence-corrected chi connectivity index (χ2v) is 4.13. The van der Waals surface area contributed by atoms with Crippen LogP contribution in [0.1, 0.15) is 26.3 Å². The van der Waals surface area contributed by atoms with Gasteiger partial charge in [-0.15, -0.1) is 6.42 Å². The number of rotatable bonds is 3. The molecule has 0 saturated heterocycles. The molecule has 0 saturated carbocycles. The first-order valence-electron chi connectivity index (χ1n) is 5.70. The van der Waals surface area contributed by atoms with Gasteiger partial charge in [0.1, 0.15) is 0 Å². The first kappa shape index (κ1) is 13.4. The number of terminal acetylenes is 1. The highest BCUT2D eigenvalue weighted by Crippen LogP contribution is 2.23. The summed E-state index contributed by atoms with van der Waals surface area (Å²) in [5.74, 6) is 0.123. The minimum atomic E-state index is -1.18. The van der Waals surface area contributed by atoms with Crippen LogP contribution < -0.4 is 0 Å². The van der Waals surface area contributed by atoms with Crippen LogP contribution in [0.4, 0.5) is 0 Å². The van der Waals surface area contributed by atoms with Gasteiger partial charge in [-0.2, -0.15) is 0 Å². The lowest BCUT2D eigenvalue weighted by Crippen LogP contribution is -2.03. The van der Waals surface area contributed by atoms with Crippen LogP contribution in [0.5, 0.6) is 0 Å². The van der Waals surface area contributed by atoms with Gasteiger partial charge < -0.3 is 10.2 Å². The van der Waals surface area contributed by atoms with E-state index in [0.717, 1.165) is 6.07 Å². The molecule has 0 radical (unpaired) electrons. The van der Waals surface area contributed by atoms with Crippen molar-refractivity contribution < 1.29 is 19.8 Å². The molecule has 0 fully saturated rings. The maximum Gasteiger partial charge on any atom is 0.335 e. The van der Waals surface area contributed by atoms with Gasteiger partial charge in [0.2, 0.25) is 0 Å². The highest BCUT2D eigenvalue weighted by atomic mass is 16.4. The second-order valence-electron chi connectivity index (χ2n) is 4.13. The van der Waals surface area contributed by atoms with Gasteiger partial charge in [-0.3, -0.25) is 0 Å². The van der Waals surface area contributed by atoms with E-state index in [2.05, 4.69) is 5.92 Å². The third-order valence-corrected chi connectivity index (χ3v) is 2.79. The molecule has 4 nitrogen and oxygen atoms in total. The van der Waals surface area contributed by atoms with E-state index in [-0.39, 0.29) is 11.1 Å². The van der Waals surface area contributed by atoms with Crippen LogP contribution in [0, 0.1) is 12.3 Å². The lowest BCUT2D eigenvalue weighted by molar-refractivity contribution is 0.0696. The van der Waals surface area contributed by atoms with Crippen molar-refractivity contribution in [2.75, 3.05) is 0 Å². The number of hydrogen-bond acceptors (Lipinski definition) is 2. The fraction of sp³-hybridized carbons (Fsp3) is 0. The molecule has 0 bridgehead atoms. The van der Waals surface area contributed by atoms with Crippen molar-refractivity contribution in [1.29, 1.82) is 0 Å². The Morgan fingerprint density at radius 3 is 2.00 bits per heavy atom. The van der Waals surface area contributed by atoms with Gasteiger partial charge >= 0.3 is 11.9 Å². The SMILES string of the molecule is C#Cc1cccc(-c2cc(C(=O)O)cc(C(=O)O)c2)c1. The monoisotopic (exact) mass is 266 g/mol. The Kier molecular flexibility index (Phi) is 3.54. The van der Waals surface area contributed by atoms with Crippen molar-refractivity contribution in [3.05, 3.63) is 59.2 Å². The molecule has 0 unspecified atom stereocenters. The summed E-state index contributed by atoms with van der Waals surface area (Å²) in [6.07, 6.45) is 5.31. The van der Waals surface area contributed by atoms with E-state index in [1.54, 1.807) is 24.3 Å². The molecule has 20 heavy (non-hydrogen) atoms. The van der Waals surface area contributed by atoms with Crippen molar-refractivity contribution in [1.82, 2.24) is 0 Å². The molecule has 2 aromatic carbocycles. The molecule has 2 rings (SSSR count). The van der Waals surface area contributed by atoms with Crippen molar-refractivity contribution in [2.45, 2.75) is 0 Å². The maximum absolute atomic E-state index is 11.1. The Balaban J connectivity index is 2.63. The summed E-state index contributed by atoms with van der Waals surface area (Å²) >= 11 is 0. The Morgan fingerprint density at radius 2 is 1.50 bits per heavy atom. The zero-order valence-corrected chi connectivity index (χ0v) is 10.3. The fourth-order valence-corrected chi connectivity index (χ4v) is 1.83. The second kappa shape index (κ2) is 5.29. The number of carbonyl (C=O) groups is 2. The van der Waals surface area contributed by atoms with Crippen molar-refractivity contribution in [3.8, 4) is 23.5 Å². The third-order valence-electron chi connectivity index (χ3n) is 2.79. The van der Waals surface area contributed by atoms with E-state index in [4.69, 9.17) is 16.6 Å². The van der Waals surface area contributed by atoms with E-state index >= 15 is 0 Å². The fourth-order valence-electron chi connectivity index (χ4n) is 1.83. The van der Waals surface area contributed by atoms with Crippen LogP contribution in [-0.4, -0.2) is 22.2 Å². The number of benzene rings is 2. The minimum absolute atomic E-state index is 0.0778. The first-order chi connectivity index (χ1) is 9.51. The lowest BCUT2D eigenvalue weighted by atomic mass is 9.98. The lowest BCUT2D eigenvalue weighted by Gasteiger charge is -2.06. The van der Waals surface area contributed by atoms with Crippen LogP contribution in [0.2, 0.25) is 0 Å². The Morgan fingerprint density at radius 1 is 0.900 bits per heavy atom. The summed E-state index contributed by atoms with van der Waals surface area (Å²) in [5, 5.41) is 18.1. The zero-order valence-electron chi connectivity index (χ0n) is 10.3. The molecule has 4 heteroatoms. The molecule has 0 aromatic heterocycles. The summed E-state index contributed by atoms with van der Waals surface area (Å²) in [6, 6.07) is 10.9. The molecule has 0 aliphatic heterocycles. The molecule has 0 spiro atoms. The highest BCUT2D eigenvalue weighted by molar-refractivity contribution is 5.96. The van der Waals surface area contributed by atoms with Crippen molar-refractivity contribution in [2.24, 2.45) is 0 Å². The summed E-state index contributed by atoms with van der Waals surface area (Å²) in [4.78, 5) is 22.1. The molecule has 0 heterocycles. The predicted octanol–water partition coefficient (Wildman–Crippen LogP) is 2.73. The van der Waals surface area contributed by atoms with Crippen LogP contribution in [0.3, 0.4) is 0 Å². The van der Waals surface area contributed by atoms with Gasteiger partial charge in [0.05, 0.1) is 11.1 Å². The topological polar surface area (TPSA) is 74.6 Å². The first-order valence-corrected chi connectivity index (χ1v) is 5.70. The molecular formula is C16H10O4. The highest BCUT2D eigenvalue weighted by Gasteiger charge is 2.12. The van der Waals surface area contributed by atoms with E-state index < -0.39 is 11.9 Å². The molecule has 2 aromatic rings. The zero-order chi connectivity index (χ0) is 14.7. The Hall–Kier alpha value is -3.06. The Bertz CT molecular complexity index is 706. The summed E-state index contributed by atoms with van der Waals surface area (Å²) in [5.41, 5.74) is 1.66. The van der Waals surface area contributed by atoms with Crippen LogP contribution >= 0.6 is 0 Å². The van der Waals surface area contributed by atoms with E-state index in [1.807, 2.05) is 0 Å². The summed E-state index contributed by atoms with van der Waals surface area (Å²) in [6.45, 7) is 0. The Labute approximate surface area is 115 Å². The van der Waals surface area contributed by atoms with E-state index in [9.17, 15) is 9.59 Å². The van der Waals surface area contributed by atoms with Gasteiger partial charge in [-0.1, -0.05) is 18.1 Å². The molecule has 0 amide bonds. The largest absolute Gasteiger partial charge is 0.478 e. The van der Waals surface area contributed by atoms with Crippen molar-refractivity contribution in [3.63, 3.8) is 0 Å². The quantitative estimate of drug-likeness (QED) is 0.838. The minimum Gasteiger partial charge on any atom is -0.478 e. The number of carboxylic acids is 2. The number of aromatic carboxylic acids is 2. The van der Waals surface area contributed by atoms with Gasteiger partial charge in [-0.25, -0.2) is 9.59 Å². The molecule has 0 aliphatic carbocycles. The molecule has 2 N–H and O–H groups in total. The van der Waals surface area contributed by atoms with Crippen LogP contribution in [0.15, 0.2) is 42.5 Å². The van der Waals surface area contributed by atoms with Gasteiger partial charge in [0, 0.05) is 5.56 Å². The average Bonchev–Trinajstić information content (AvgIpc) is 2.46. The smallest absolute Gasteiger partial charge is 0.335 e. The predicted molar refractivity (Wildman–Crippen MR) is 73.7 cm³/mol. The average molecular weight is 266 g/mol. The van der Waals surface area contributed by atoms with Crippen molar-refractivity contribution >= 4 is 11.9 Å². The van der Waals surface area contributed by atoms with E-state index in [0.29, 0.717) is 16.7 Å². The van der Waals surface area contributed by atoms with Crippen LogP contribution in [-0.2, 0) is 0 Å². The van der Waals surface area contributed by atoms with Gasteiger partial charge in [-0.05, 0) is 41.5 Å². The van der Waals surface area contributed by atoms with Crippen LogP contribution in [0.25, 0.3) is 11.1 Å². The van der Waals surface area contributed by atoms with Gasteiger partial charge in [0.25, 0.3) is 0 Å². The number of carboxylic acid groups (broad SMARTS) is 2.